The Labute approximate surface area is 135 Å². The Bertz CT molecular complexity index is 860. The first-order valence-electron chi connectivity index (χ1n) is 7.09. The van der Waals surface area contributed by atoms with Crippen LogP contribution in [0.3, 0.4) is 0 Å². The third-order valence-electron chi connectivity index (χ3n) is 3.98. The van der Waals surface area contributed by atoms with Crippen molar-refractivity contribution in [2.45, 2.75) is 12.3 Å². The first-order valence-corrected chi connectivity index (χ1v) is 7.88. The number of hydrogen-bond acceptors (Lipinski definition) is 3. The summed E-state index contributed by atoms with van der Waals surface area (Å²) in [5.74, 6) is 0.738. The quantitative estimate of drug-likeness (QED) is 0.783. The van der Waals surface area contributed by atoms with Gasteiger partial charge in [-0.05, 0) is 36.1 Å². The third-order valence-corrected chi connectivity index (χ3v) is 4.70. The van der Waals surface area contributed by atoms with Crippen molar-refractivity contribution in [1.82, 2.24) is 14.6 Å². The zero-order valence-electron chi connectivity index (χ0n) is 11.6. The summed E-state index contributed by atoms with van der Waals surface area (Å²) >= 11 is 3.55. The fraction of sp³-hybridized carbons (Fsp3) is 0.188. The SMILES string of the molecule is O=C(Nc1nnc2ccccn12)[C@H]1C[C@H]1c1ccccc1Br. The summed E-state index contributed by atoms with van der Waals surface area (Å²) in [5.41, 5.74) is 1.91. The van der Waals surface area contributed by atoms with Crippen LogP contribution in [0.4, 0.5) is 5.95 Å². The fourth-order valence-electron chi connectivity index (χ4n) is 2.73. The van der Waals surface area contributed by atoms with Crippen LogP contribution in [-0.2, 0) is 4.79 Å². The minimum Gasteiger partial charge on any atom is -0.294 e. The van der Waals surface area contributed by atoms with Gasteiger partial charge in [-0.2, -0.15) is 0 Å². The van der Waals surface area contributed by atoms with E-state index < -0.39 is 0 Å². The van der Waals surface area contributed by atoms with Crippen LogP contribution in [0.25, 0.3) is 5.65 Å². The number of halogens is 1. The number of nitrogens with zero attached hydrogens (tertiary/aromatic N) is 3. The molecule has 6 heteroatoms. The van der Waals surface area contributed by atoms with Gasteiger partial charge in [-0.15, -0.1) is 10.2 Å². The molecule has 3 aromatic rings. The van der Waals surface area contributed by atoms with Gasteiger partial charge in [0.15, 0.2) is 5.65 Å². The van der Waals surface area contributed by atoms with E-state index in [1.54, 1.807) is 4.40 Å². The molecule has 1 aliphatic carbocycles. The molecule has 2 atom stereocenters. The number of carbonyl (C=O) groups excluding carboxylic acids is 1. The van der Waals surface area contributed by atoms with Crippen LogP contribution in [0.5, 0.6) is 0 Å². The molecule has 1 fully saturated rings. The number of rotatable bonds is 3. The Morgan fingerprint density at radius 2 is 2.00 bits per heavy atom. The maximum Gasteiger partial charge on any atom is 0.235 e. The Hall–Kier alpha value is -2.21. The van der Waals surface area contributed by atoms with Crippen LogP contribution in [0, 0.1) is 5.92 Å². The van der Waals surface area contributed by atoms with Gasteiger partial charge in [-0.25, -0.2) is 0 Å². The van der Waals surface area contributed by atoms with Crippen LogP contribution in [0.1, 0.15) is 17.9 Å². The number of hydrogen-bond donors (Lipinski definition) is 1. The summed E-state index contributed by atoms with van der Waals surface area (Å²) in [6.07, 6.45) is 2.70. The molecule has 2 aromatic heterocycles. The Kier molecular flexibility index (Phi) is 3.18. The van der Waals surface area contributed by atoms with Crippen LogP contribution >= 0.6 is 15.9 Å². The number of benzene rings is 1. The molecule has 0 bridgehead atoms. The molecule has 1 amide bonds. The summed E-state index contributed by atoms with van der Waals surface area (Å²) < 4.78 is 2.83. The first kappa shape index (κ1) is 13.5. The second-order valence-corrected chi connectivity index (χ2v) is 6.27. The minimum atomic E-state index is -0.00485. The van der Waals surface area contributed by atoms with E-state index in [1.165, 1.54) is 5.56 Å². The van der Waals surface area contributed by atoms with Crippen molar-refractivity contribution in [3.05, 3.63) is 58.7 Å². The first-order chi connectivity index (χ1) is 10.7. The summed E-state index contributed by atoms with van der Waals surface area (Å²) in [5, 5.41) is 10.9. The van der Waals surface area contributed by atoms with Crippen LogP contribution in [0.15, 0.2) is 53.1 Å². The lowest BCUT2D eigenvalue weighted by Crippen LogP contribution is -2.16. The van der Waals surface area contributed by atoms with Crippen molar-refractivity contribution in [2.75, 3.05) is 5.32 Å². The summed E-state index contributed by atoms with van der Waals surface area (Å²) in [4.78, 5) is 12.4. The smallest absolute Gasteiger partial charge is 0.235 e. The largest absolute Gasteiger partial charge is 0.294 e. The number of pyridine rings is 1. The third kappa shape index (κ3) is 2.29. The predicted octanol–water partition coefficient (Wildman–Crippen LogP) is 3.23. The van der Waals surface area contributed by atoms with Gasteiger partial charge >= 0.3 is 0 Å². The number of aromatic nitrogens is 3. The van der Waals surface area contributed by atoms with Gasteiger partial charge < -0.3 is 0 Å². The molecule has 0 spiro atoms. The van der Waals surface area contributed by atoms with Gasteiger partial charge in [0, 0.05) is 16.6 Å². The monoisotopic (exact) mass is 356 g/mol. The van der Waals surface area contributed by atoms with E-state index in [2.05, 4.69) is 37.5 Å². The lowest BCUT2D eigenvalue weighted by atomic mass is 10.1. The molecule has 0 aliphatic heterocycles. The van der Waals surface area contributed by atoms with E-state index in [4.69, 9.17) is 0 Å². The van der Waals surface area contributed by atoms with Crippen molar-refractivity contribution in [3.8, 4) is 0 Å². The highest BCUT2D eigenvalue weighted by molar-refractivity contribution is 9.10. The molecule has 0 radical (unpaired) electrons. The summed E-state index contributed by atoms with van der Waals surface area (Å²) in [6.45, 7) is 0. The summed E-state index contributed by atoms with van der Waals surface area (Å²) in [6, 6.07) is 13.7. The average Bonchev–Trinajstić information content (AvgIpc) is 3.24. The lowest BCUT2D eigenvalue weighted by Gasteiger charge is -2.04. The highest BCUT2D eigenvalue weighted by Crippen LogP contribution is 2.49. The van der Waals surface area contributed by atoms with Gasteiger partial charge in [0.05, 0.1) is 0 Å². The standard InChI is InChI=1S/C16H13BrN4O/c17-13-6-2-1-5-10(13)11-9-12(11)15(22)18-16-20-19-14-7-3-4-8-21(14)16/h1-8,11-12H,9H2,(H,18,20,22)/t11-,12-/m0/s1. The Morgan fingerprint density at radius 1 is 1.18 bits per heavy atom. The molecule has 4 rings (SSSR count). The van der Waals surface area contributed by atoms with Gasteiger partial charge in [0.1, 0.15) is 0 Å². The van der Waals surface area contributed by atoms with Crippen LogP contribution < -0.4 is 5.32 Å². The predicted molar refractivity (Wildman–Crippen MR) is 86.6 cm³/mol. The molecular weight excluding hydrogens is 344 g/mol. The second kappa shape index (κ2) is 5.21. The molecule has 2 heterocycles. The molecule has 1 aliphatic rings. The van der Waals surface area contributed by atoms with Crippen molar-refractivity contribution >= 4 is 33.4 Å². The fourth-order valence-corrected chi connectivity index (χ4v) is 3.31. The highest BCUT2D eigenvalue weighted by Gasteiger charge is 2.45. The molecule has 110 valence electrons. The second-order valence-electron chi connectivity index (χ2n) is 5.41. The van der Waals surface area contributed by atoms with E-state index in [1.807, 2.05) is 42.6 Å². The van der Waals surface area contributed by atoms with Gasteiger partial charge in [0.25, 0.3) is 0 Å². The Morgan fingerprint density at radius 3 is 2.86 bits per heavy atom. The molecule has 0 saturated heterocycles. The van der Waals surface area contributed by atoms with E-state index >= 15 is 0 Å². The minimum absolute atomic E-state index is 0.00101. The number of anilines is 1. The van der Waals surface area contributed by atoms with Crippen LogP contribution in [-0.4, -0.2) is 20.5 Å². The van der Waals surface area contributed by atoms with E-state index in [9.17, 15) is 4.79 Å². The van der Waals surface area contributed by atoms with Gasteiger partial charge in [-0.1, -0.05) is 40.2 Å². The molecule has 1 aromatic carbocycles. The zero-order chi connectivity index (χ0) is 15.1. The topological polar surface area (TPSA) is 59.3 Å². The van der Waals surface area contributed by atoms with E-state index in [0.717, 1.165) is 16.5 Å². The van der Waals surface area contributed by atoms with E-state index in [0.29, 0.717) is 5.95 Å². The maximum absolute atomic E-state index is 12.4. The summed E-state index contributed by atoms with van der Waals surface area (Å²) in [7, 11) is 0. The molecule has 22 heavy (non-hydrogen) atoms. The average molecular weight is 357 g/mol. The van der Waals surface area contributed by atoms with Crippen LogP contribution in [0.2, 0.25) is 0 Å². The molecular formula is C16H13BrN4O. The molecule has 0 unspecified atom stereocenters. The highest BCUT2D eigenvalue weighted by atomic mass is 79.9. The number of carbonyl (C=O) groups is 1. The lowest BCUT2D eigenvalue weighted by molar-refractivity contribution is -0.117. The molecule has 1 N–H and O–H groups in total. The van der Waals surface area contributed by atoms with E-state index in [-0.39, 0.29) is 17.7 Å². The molecule has 1 saturated carbocycles. The maximum atomic E-state index is 12.4. The van der Waals surface area contributed by atoms with Crippen molar-refractivity contribution in [3.63, 3.8) is 0 Å². The van der Waals surface area contributed by atoms with Gasteiger partial charge in [-0.3, -0.25) is 14.5 Å². The van der Waals surface area contributed by atoms with Gasteiger partial charge in [0.2, 0.25) is 11.9 Å². The normalized spacial score (nSPS) is 20.0. The number of fused-ring (bicyclic) bond motifs is 1. The number of nitrogens with one attached hydrogen (secondary N) is 1. The van der Waals surface area contributed by atoms with Crippen molar-refractivity contribution in [1.29, 1.82) is 0 Å². The Balaban J connectivity index is 1.51. The number of amides is 1. The zero-order valence-corrected chi connectivity index (χ0v) is 13.2. The van der Waals surface area contributed by atoms with Crippen molar-refractivity contribution in [2.24, 2.45) is 5.92 Å². The van der Waals surface area contributed by atoms with Crippen molar-refractivity contribution < 1.29 is 4.79 Å². The molecule has 5 nitrogen and oxygen atoms in total.